The van der Waals surface area contributed by atoms with Crippen molar-refractivity contribution in [2.45, 2.75) is 25.6 Å². The smallest absolute Gasteiger partial charge is 0.216 e. The van der Waals surface area contributed by atoms with Gasteiger partial charge in [-0.1, -0.05) is 0 Å². The van der Waals surface area contributed by atoms with Crippen LogP contribution in [0, 0.1) is 11.3 Å². The summed E-state index contributed by atoms with van der Waals surface area (Å²) in [6, 6.07) is 4.49. The van der Waals surface area contributed by atoms with E-state index in [0.717, 1.165) is 0 Å². The number of carbonyl (C=O) groups excluding carboxylic acids is 1. The molecule has 0 heterocycles. The molecule has 1 aromatic rings. The summed E-state index contributed by atoms with van der Waals surface area (Å²) in [5.41, 5.74) is 0.189. The molecule has 1 rings (SSSR count). The Bertz CT molecular complexity index is 553. The van der Waals surface area contributed by atoms with E-state index in [1.807, 2.05) is 6.07 Å². The molecule has 0 bridgehead atoms. The zero-order chi connectivity index (χ0) is 16.0. The predicted octanol–water partition coefficient (Wildman–Crippen LogP) is 0.193. The highest BCUT2D eigenvalue weighted by molar-refractivity contribution is 5.72. The van der Waals surface area contributed by atoms with Gasteiger partial charge in [-0.15, -0.1) is 0 Å². The lowest BCUT2D eigenvalue weighted by molar-refractivity contribution is -0.119. The Morgan fingerprint density at radius 3 is 2.67 bits per heavy atom. The second-order valence-corrected chi connectivity index (χ2v) is 4.51. The van der Waals surface area contributed by atoms with E-state index in [0.29, 0.717) is 0 Å². The fourth-order valence-electron chi connectivity index (χ4n) is 1.84. The predicted molar refractivity (Wildman–Crippen MR) is 73.6 cm³/mol. The summed E-state index contributed by atoms with van der Waals surface area (Å²) < 4.78 is 4.92. The van der Waals surface area contributed by atoms with Crippen LogP contribution in [-0.4, -0.2) is 41.0 Å². The largest absolute Gasteiger partial charge is 0.504 e. The molecule has 0 aliphatic heterocycles. The summed E-state index contributed by atoms with van der Waals surface area (Å²) >= 11 is 0. The van der Waals surface area contributed by atoms with Gasteiger partial charge in [0.2, 0.25) is 5.91 Å². The lowest BCUT2D eigenvalue weighted by Gasteiger charge is -2.20. The molecule has 114 valence electrons. The van der Waals surface area contributed by atoms with E-state index in [1.165, 1.54) is 26.2 Å². The van der Waals surface area contributed by atoms with Gasteiger partial charge in [0.15, 0.2) is 11.5 Å². The molecule has 21 heavy (non-hydrogen) atoms. The first-order valence-electron chi connectivity index (χ1n) is 6.32. The third kappa shape index (κ3) is 4.34. The maximum absolute atomic E-state index is 10.7. The van der Waals surface area contributed by atoms with Crippen molar-refractivity contribution in [3.63, 3.8) is 0 Å². The number of rotatable bonds is 6. The minimum atomic E-state index is -1.40. The Balaban J connectivity index is 2.93. The fourth-order valence-corrected chi connectivity index (χ4v) is 1.84. The first-order valence-corrected chi connectivity index (χ1v) is 6.32. The summed E-state index contributed by atoms with van der Waals surface area (Å²) in [7, 11) is 1.32. The fraction of sp³-hybridized carbons (Fsp3) is 0.429. The second kappa shape index (κ2) is 7.47. The molecule has 0 fully saturated rings. The van der Waals surface area contributed by atoms with Crippen molar-refractivity contribution < 1.29 is 24.9 Å². The van der Waals surface area contributed by atoms with Gasteiger partial charge in [0.05, 0.1) is 24.8 Å². The molecule has 0 spiro atoms. The number of methoxy groups -OCH3 is 1. The maximum atomic E-state index is 10.7. The Kier molecular flexibility index (Phi) is 5.96. The summed E-state index contributed by atoms with van der Waals surface area (Å²) in [5, 5.41) is 41.4. The average Bonchev–Trinajstić information content (AvgIpc) is 2.46. The standard InChI is InChI=1S/C14H18N2O5/c1-8(17)16-4-3-11(18)13(19)10-5-9(7-15)6-12(21-2)14(10)20/h5-6,11,13,18-20H,3-4H2,1-2H3,(H,16,17). The topological polar surface area (TPSA) is 123 Å². The van der Waals surface area contributed by atoms with Crippen molar-refractivity contribution >= 4 is 5.91 Å². The van der Waals surface area contributed by atoms with Crippen LogP contribution in [0.15, 0.2) is 12.1 Å². The molecule has 7 heteroatoms. The monoisotopic (exact) mass is 294 g/mol. The molecule has 0 saturated heterocycles. The molecule has 2 atom stereocenters. The van der Waals surface area contributed by atoms with Crippen LogP contribution < -0.4 is 10.1 Å². The van der Waals surface area contributed by atoms with Crippen molar-refractivity contribution in [3.8, 4) is 17.6 Å². The molecule has 1 aromatic carbocycles. The Hall–Kier alpha value is -2.30. The summed E-state index contributed by atoms with van der Waals surface area (Å²) in [5.74, 6) is -0.535. The Morgan fingerprint density at radius 1 is 1.48 bits per heavy atom. The number of ether oxygens (including phenoxy) is 1. The summed E-state index contributed by atoms with van der Waals surface area (Å²) in [4.78, 5) is 10.7. The first-order chi connectivity index (χ1) is 9.90. The highest BCUT2D eigenvalue weighted by atomic mass is 16.5. The number of aliphatic hydroxyl groups is 2. The average molecular weight is 294 g/mol. The van der Waals surface area contributed by atoms with Crippen molar-refractivity contribution in [2.75, 3.05) is 13.7 Å². The number of nitriles is 1. The van der Waals surface area contributed by atoms with E-state index < -0.39 is 12.2 Å². The van der Waals surface area contributed by atoms with E-state index >= 15 is 0 Å². The van der Waals surface area contributed by atoms with Gasteiger partial charge in [-0.05, 0) is 12.5 Å². The molecule has 0 aliphatic rings. The number of aromatic hydroxyl groups is 1. The SMILES string of the molecule is COc1cc(C#N)cc(C(O)C(O)CCNC(C)=O)c1O. The minimum Gasteiger partial charge on any atom is -0.504 e. The molecule has 0 aliphatic carbocycles. The summed E-state index contributed by atoms with van der Waals surface area (Å²) in [6.07, 6.45) is -2.51. The number of hydrogen-bond acceptors (Lipinski definition) is 6. The van der Waals surface area contributed by atoms with Gasteiger partial charge in [-0.2, -0.15) is 5.26 Å². The lowest BCUT2D eigenvalue weighted by Crippen LogP contribution is -2.27. The number of aliphatic hydroxyl groups excluding tert-OH is 2. The van der Waals surface area contributed by atoms with E-state index in [1.54, 1.807) is 0 Å². The Morgan fingerprint density at radius 2 is 2.14 bits per heavy atom. The van der Waals surface area contributed by atoms with E-state index in [-0.39, 0.29) is 41.5 Å². The quantitative estimate of drug-likeness (QED) is 0.594. The van der Waals surface area contributed by atoms with Gasteiger partial charge >= 0.3 is 0 Å². The molecule has 0 saturated carbocycles. The summed E-state index contributed by atoms with van der Waals surface area (Å²) in [6.45, 7) is 1.53. The van der Waals surface area contributed by atoms with Crippen molar-refractivity contribution in [3.05, 3.63) is 23.3 Å². The molecule has 2 unspecified atom stereocenters. The molecule has 0 radical (unpaired) electrons. The number of amides is 1. The van der Waals surface area contributed by atoms with Crippen LogP contribution in [0.4, 0.5) is 0 Å². The zero-order valence-corrected chi connectivity index (χ0v) is 11.8. The Labute approximate surface area is 122 Å². The number of nitrogens with zero attached hydrogens (tertiary/aromatic N) is 1. The molecule has 4 N–H and O–H groups in total. The van der Waals surface area contributed by atoms with Gasteiger partial charge in [-0.25, -0.2) is 0 Å². The molecule has 7 nitrogen and oxygen atoms in total. The van der Waals surface area contributed by atoms with Crippen LogP contribution in [0.5, 0.6) is 11.5 Å². The van der Waals surface area contributed by atoms with Gasteiger partial charge < -0.3 is 25.4 Å². The number of nitrogens with one attached hydrogen (secondary N) is 1. The van der Waals surface area contributed by atoms with Gasteiger partial charge in [0.25, 0.3) is 0 Å². The first kappa shape index (κ1) is 16.8. The lowest BCUT2D eigenvalue weighted by atomic mass is 9.98. The van der Waals surface area contributed by atoms with Crippen LogP contribution in [0.1, 0.15) is 30.6 Å². The van der Waals surface area contributed by atoms with Crippen LogP contribution in [-0.2, 0) is 4.79 Å². The number of carbonyl (C=O) groups is 1. The molecular weight excluding hydrogens is 276 g/mol. The van der Waals surface area contributed by atoms with Crippen LogP contribution in [0.3, 0.4) is 0 Å². The number of hydrogen-bond donors (Lipinski definition) is 4. The number of phenols is 1. The normalized spacial score (nSPS) is 13.1. The zero-order valence-electron chi connectivity index (χ0n) is 11.8. The van der Waals surface area contributed by atoms with E-state index in [4.69, 9.17) is 10.00 Å². The van der Waals surface area contributed by atoms with E-state index in [2.05, 4.69) is 5.32 Å². The van der Waals surface area contributed by atoms with Crippen molar-refractivity contribution in [1.82, 2.24) is 5.32 Å². The number of benzene rings is 1. The maximum Gasteiger partial charge on any atom is 0.216 e. The molecule has 0 aromatic heterocycles. The second-order valence-electron chi connectivity index (χ2n) is 4.51. The molecule has 1 amide bonds. The van der Waals surface area contributed by atoms with Crippen LogP contribution in [0.2, 0.25) is 0 Å². The van der Waals surface area contributed by atoms with Gasteiger partial charge in [-0.3, -0.25) is 4.79 Å². The minimum absolute atomic E-state index is 0.00113. The third-order valence-electron chi connectivity index (χ3n) is 2.95. The van der Waals surface area contributed by atoms with Crippen molar-refractivity contribution in [1.29, 1.82) is 5.26 Å². The van der Waals surface area contributed by atoms with Gasteiger partial charge in [0.1, 0.15) is 6.10 Å². The molecular formula is C14H18N2O5. The van der Waals surface area contributed by atoms with Crippen LogP contribution >= 0.6 is 0 Å². The van der Waals surface area contributed by atoms with E-state index in [9.17, 15) is 20.1 Å². The number of phenolic OH excluding ortho intramolecular Hbond substituents is 1. The van der Waals surface area contributed by atoms with Crippen molar-refractivity contribution in [2.24, 2.45) is 0 Å². The van der Waals surface area contributed by atoms with Gasteiger partial charge in [0, 0.05) is 25.1 Å². The van der Waals surface area contributed by atoms with Crippen LogP contribution in [0.25, 0.3) is 0 Å². The third-order valence-corrected chi connectivity index (χ3v) is 2.95. The highest BCUT2D eigenvalue weighted by Crippen LogP contribution is 2.36. The highest BCUT2D eigenvalue weighted by Gasteiger charge is 2.24.